The molecule has 0 spiro atoms. The van der Waals surface area contributed by atoms with Gasteiger partial charge < -0.3 is 20.0 Å². The Balaban J connectivity index is 0.000000187. The summed E-state index contributed by atoms with van der Waals surface area (Å²) < 4.78 is 4.23. The van der Waals surface area contributed by atoms with E-state index in [1.807, 2.05) is 109 Å². The molecule has 0 aliphatic rings. The molecule has 0 aliphatic heterocycles. The largest absolute Gasteiger partial charge is 0.506 e. The molecule has 0 radical (unpaired) electrons. The van der Waals surface area contributed by atoms with Crippen molar-refractivity contribution < 1.29 is 52.3 Å². The van der Waals surface area contributed by atoms with Gasteiger partial charge in [-0.3, -0.25) is 9.13 Å². The van der Waals surface area contributed by atoms with Crippen molar-refractivity contribution in [3.63, 3.8) is 0 Å². The van der Waals surface area contributed by atoms with Gasteiger partial charge in [0.15, 0.2) is 0 Å². The van der Waals surface area contributed by atoms with E-state index in [1.165, 1.54) is 5.56 Å². The Bertz CT molecular complexity index is 5820. The van der Waals surface area contributed by atoms with E-state index < -0.39 is 0 Å². The Morgan fingerprint density at radius 2 is 0.806 bits per heavy atom. The van der Waals surface area contributed by atoms with Crippen LogP contribution in [0.25, 0.3) is 100 Å². The van der Waals surface area contributed by atoms with Crippen molar-refractivity contribution in [3.05, 3.63) is 326 Å². The second kappa shape index (κ2) is 30.3. The monoisotopic (exact) mass is 1770 g/mol. The summed E-state index contributed by atoms with van der Waals surface area (Å²) in [7, 11) is 0. The molecular formula is C96H86N8O2Pt2-2. The SMILES string of the molecule is CC(C)(C)c1cc(-n2c3ccccc3c3ccc(-c4cc(-c5ccccc5)cc(N(c5[c-]cccc5)c5ccccc5)n4)nc32)c(O)c(C(C)(C)C)c1.CC(C)(C)c1ccc2c(c1)c1cc(C(C)(C)C)c(-c3cc(-c4ccccc4)cc(N(c4[c-]cccc4)c4ccccc4)n3)nc1n2-c1ccccc1O.[Pt].[Pt]. The van der Waals surface area contributed by atoms with Crippen molar-refractivity contribution in [2.45, 2.75) is 105 Å². The van der Waals surface area contributed by atoms with Crippen LogP contribution in [-0.2, 0) is 63.8 Å². The van der Waals surface area contributed by atoms with Crippen LogP contribution in [0.15, 0.2) is 291 Å². The zero-order chi connectivity index (χ0) is 73.8. The third-order valence-electron chi connectivity index (χ3n) is 19.8. The van der Waals surface area contributed by atoms with Crippen molar-refractivity contribution in [1.29, 1.82) is 0 Å². The number of aromatic hydroxyl groups is 2. The summed E-state index contributed by atoms with van der Waals surface area (Å²) in [6.45, 7) is 26.5. The molecule has 0 amide bonds. The van der Waals surface area contributed by atoms with Gasteiger partial charge in [-0.05, 0) is 164 Å². The van der Waals surface area contributed by atoms with Gasteiger partial charge in [0, 0.05) is 80.6 Å². The van der Waals surface area contributed by atoms with Gasteiger partial charge in [0.25, 0.3) is 0 Å². The molecule has 0 fully saturated rings. The summed E-state index contributed by atoms with van der Waals surface area (Å²) in [6, 6.07) is 106. The van der Waals surface area contributed by atoms with Crippen LogP contribution < -0.4 is 9.80 Å². The number of anilines is 6. The third kappa shape index (κ3) is 14.9. The first-order valence-corrected chi connectivity index (χ1v) is 36.3. The topological polar surface area (TPSA) is 108 Å². The first-order valence-electron chi connectivity index (χ1n) is 36.3. The zero-order valence-corrected chi connectivity index (χ0v) is 67.4. The number of rotatable bonds is 12. The van der Waals surface area contributed by atoms with Crippen LogP contribution in [0.4, 0.5) is 34.4 Å². The molecule has 10 aromatic carbocycles. The first-order chi connectivity index (χ1) is 50.9. The van der Waals surface area contributed by atoms with Crippen LogP contribution in [0.5, 0.6) is 11.5 Å². The number of hydrogen-bond donors (Lipinski definition) is 2. The normalized spacial score (nSPS) is 11.8. The predicted octanol–water partition coefficient (Wildman–Crippen LogP) is 25.0. The Labute approximate surface area is 662 Å². The quantitative estimate of drug-likeness (QED) is 0.117. The molecule has 2 N–H and O–H groups in total. The minimum absolute atomic E-state index is 0. The van der Waals surface area contributed by atoms with Crippen LogP contribution in [0.2, 0.25) is 0 Å². The molecule has 0 saturated heterocycles. The Morgan fingerprint density at radius 3 is 1.34 bits per heavy atom. The third-order valence-corrected chi connectivity index (χ3v) is 19.8. The summed E-state index contributed by atoms with van der Waals surface area (Å²) in [4.78, 5) is 26.1. The summed E-state index contributed by atoms with van der Waals surface area (Å²) in [5, 5.41) is 27.6. The summed E-state index contributed by atoms with van der Waals surface area (Å²) >= 11 is 0. The van der Waals surface area contributed by atoms with Gasteiger partial charge in [-0.25, -0.2) is 19.9 Å². The van der Waals surface area contributed by atoms with Crippen molar-refractivity contribution in [2.24, 2.45) is 0 Å². The number of nitrogens with zero attached hydrogens (tertiary/aromatic N) is 8. The molecule has 12 heteroatoms. The van der Waals surface area contributed by atoms with Crippen LogP contribution in [0.3, 0.4) is 0 Å². The van der Waals surface area contributed by atoms with E-state index in [-0.39, 0.29) is 75.3 Å². The van der Waals surface area contributed by atoms with Gasteiger partial charge in [-0.2, -0.15) is 48.5 Å². The second-order valence-electron chi connectivity index (χ2n) is 31.4. The molecule has 0 saturated carbocycles. The second-order valence-corrected chi connectivity index (χ2v) is 31.4. The van der Waals surface area contributed by atoms with Gasteiger partial charge in [-0.15, -0.1) is 12.1 Å². The van der Waals surface area contributed by atoms with Crippen molar-refractivity contribution in [1.82, 2.24) is 29.1 Å². The van der Waals surface area contributed by atoms with Crippen LogP contribution in [0, 0.1) is 12.1 Å². The van der Waals surface area contributed by atoms with Crippen molar-refractivity contribution in [3.8, 4) is 67.9 Å². The van der Waals surface area contributed by atoms with Crippen molar-refractivity contribution >= 4 is 78.3 Å². The van der Waals surface area contributed by atoms with E-state index in [2.05, 4.69) is 290 Å². The fraction of sp³-hybridized carbons (Fsp3) is 0.167. The van der Waals surface area contributed by atoms with Gasteiger partial charge >= 0.3 is 0 Å². The Morgan fingerprint density at radius 1 is 0.324 bits per heavy atom. The maximum absolute atomic E-state index is 12.1. The zero-order valence-electron chi connectivity index (χ0n) is 62.8. The van der Waals surface area contributed by atoms with Crippen LogP contribution in [0.1, 0.15) is 105 Å². The number of para-hydroxylation sites is 7. The molecule has 16 rings (SSSR count). The Hall–Kier alpha value is -11.0. The van der Waals surface area contributed by atoms with Gasteiger partial charge in [0.05, 0.1) is 45.2 Å². The maximum atomic E-state index is 12.1. The number of aromatic nitrogens is 6. The molecular weight excluding hydrogens is 1690 g/mol. The predicted molar refractivity (Wildman–Crippen MR) is 440 cm³/mol. The standard InChI is InChI=1S/2C48H43N4O.2Pt/c1-47(2,3)34-30-39(48(4,5)6)45(53)43(31-34)52-42-25-17-16-24-37(42)38-26-27-40(50-46(38)52)41-28-33(32-18-10-7-11-19-32)29-44(49-41)51(35-20-12-8-13-21-35)36-22-14-9-15-23-36;1-47(2,3)34-26-27-41-37(30-34)38-31-39(48(4,5)6)45(50-46(38)52(41)42-24-16-17-25-43(42)53)40-28-33(32-18-10-7-11-19-32)29-44(49-40)51(35-20-12-8-13-21-35)36-22-14-9-15-23-36;;/h2*7-22,24-31,53H,1-6H3;;/q2*-1;;. The first kappa shape index (κ1) is 75.2. The average Bonchev–Trinajstić information content (AvgIpc) is 1.57. The molecule has 0 aliphatic carbocycles. The molecule has 544 valence electrons. The molecule has 10 nitrogen and oxygen atoms in total. The number of pyridine rings is 4. The summed E-state index contributed by atoms with van der Waals surface area (Å²) in [6.07, 6.45) is 0. The number of benzene rings is 10. The number of hydrogen-bond acceptors (Lipinski definition) is 8. The van der Waals surface area contributed by atoms with E-state index in [9.17, 15) is 10.2 Å². The molecule has 6 heterocycles. The fourth-order valence-electron chi connectivity index (χ4n) is 14.2. The van der Waals surface area contributed by atoms with Gasteiger partial charge in [0.2, 0.25) is 0 Å². The van der Waals surface area contributed by atoms with Crippen LogP contribution >= 0.6 is 0 Å². The minimum atomic E-state index is -0.281. The molecule has 0 unspecified atom stereocenters. The van der Waals surface area contributed by atoms with E-state index >= 15 is 0 Å². The molecule has 16 aromatic rings. The maximum Gasteiger partial charge on any atom is 0.146 e. The summed E-state index contributed by atoms with van der Waals surface area (Å²) in [5.41, 5.74) is 19.5. The molecule has 108 heavy (non-hydrogen) atoms. The van der Waals surface area contributed by atoms with E-state index in [0.717, 1.165) is 146 Å². The minimum Gasteiger partial charge on any atom is -0.506 e. The summed E-state index contributed by atoms with van der Waals surface area (Å²) in [5.74, 6) is 1.97. The Kier molecular flexibility index (Phi) is 21.1. The molecule has 0 bridgehead atoms. The van der Waals surface area contributed by atoms with Gasteiger partial charge in [0.1, 0.15) is 34.4 Å². The van der Waals surface area contributed by atoms with E-state index in [4.69, 9.17) is 19.9 Å². The number of fused-ring (bicyclic) bond motifs is 6. The molecule has 0 atom stereocenters. The van der Waals surface area contributed by atoms with E-state index in [0.29, 0.717) is 5.69 Å². The van der Waals surface area contributed by atoms with Crippen LogP contribution in [-0.4, -0.2) is 39.3 Å². The van der Waals surface area contributed by atoms with Gasteiger partial charge in [-0.1, -0.05) is 234 Å². The molecule has 6 aromatic heterocycles. The fourth-order valence-corrected chi connectivity index (χ4v) is 14.2. The van der Waals surface area contributed by atoms with E-state index in [1.54, 1.807) is 6.07 Å². The smallest absolute Gasteiger partial charge is 0.146 e. The number of phenolic OH excluding ortho intramolecular Hbond substituents is 2. The van der Waals surface area contributed by atoms with Crippen molar-refractivity contribution in [2.75, 3.05) is 9.80 Å². The number of phenols is 2. The average molecular weight is 1770 g/mol.